The van der Waals surface area contributed by atoms with Crippen molar-refractivity contribution in [3.63, 3.8) is 0 Å². The first kappa shape index (κ1) is 13.8. The van der Waals surface area contributed by atoms with Crippen LogP contribution in [0.1, 0.15) is 40.0 Å². The van der Waals surface area contributed by atoms with Gasteiger partial charge in [-0.25, -0.2) is 4.79 Å². The number of ether oxygens (including phenoxy) is 2. The monoisotopic (exact) mass is 243 g/mol. The molecule has 1 saturated carbocycles. The third-order valence-electron chi connectivity index (χ3n) is 2.72. The Morgan fingerprint density at radius 1 is 1.24 bits per heavy atom. The number of methoxy groups -OCH3 is 1. The molecule has 0 aliphatic heterocycles. The van der Waals surface area contributed by atoms with Gasteiger partial charge in [-0.3, -0.25) is 4.79 Å². The van der Waals surface area contributed by atoms with Crippen LogP contribution < -0.4 is 5.32 Å². The van der Waals surface area contributed by atoms with Crippen molar-refractivity contribution in [3.8, 4) is 0 Å². The fraction of sp³-hybridized carbons (Fsp3) is 0.833. The van der Waals surface area contributed by atoms with Crippen LogP contribution in [0.2, 0.25) is 0 Å². The average Bonchev–Trinajstić information content (AvgIpc) is 2.61. The van der Waals surface area contributed by atoms with Gasteiger partial charge in [0.05, 0.1) is 13.0 Å². The molecule has 1 N–H and O–H groups in total. The first-order chi connectivity index (χ1) is 7.83. The Labute approximate surface area is 102 Å². The maximum atomic E-state index is 11.6. The molecular formula is C12H21NO4. The van der Waals surface area contributed by atoms with Gasteiger partial charge in [0, 0.05) is 6.04 Å². The number of esters is 1. The molecule has 17 heavy (non-hydrogen) atoms. The molecule has 5 nitrogen and oxygen atoms in total. The van der Waals surface area contributed by atoms with Crippen LogP contribution in [0.3, 0.4) is 0 Å². The summed E-state index contributed by atoms with van der Waals surface area (Å²) in [5.41, 5.74) is -0.524. The molecule has 1 aliphatic carbocycles. The number of hydrogen-bond acceptors (Lipinski definition) is 4. The highest BCUT2D eigenvalue weighted by atomic mass is 16.6. The second kappa shape index (κ2) is 5.38. The first-order valence-corrected chi connectivity index (χ1v) is 5.91. The van der Waals surface area contributed by atoms with E-state index in [0.29, 0.717) is 0 Å². The van der Waals surface area contributed by atoms with Crippen molar-refractivity contribution in [1.82, 2.24) is 5.32 Å². The number of hydrogen-bond donors (Lipinski definition) is 1. The minimum atomic E-state index is -0.524. The molecule has 0 aromatic carbocycles. The summed E-state index contributed by atoms with van der Waals surface area (Å²) in [6.45, 7) is 5.41. The fourth-order valence-electron chi connectivity index (χ4n) is 2.03. The minimum Gasteiger partial charge on any atom is -0.469 e. The molecule has 0 aromatic heterocycles. The molecule has 1 rings (SSSR count). The molecule has 1 amide bonds. The number of amides is 1. The molecule has 0 saturated heterocycles. The van der Waals surface area contributed by atoms with Crippen LogP contribution in [0.5, 0.6) is 0 Å². The van der Waals surface area contributed by atoms with Crippen molar-refractivity contribution in [2.45, 2.75) is 51.7 Å². The summed E-state index contributed by atoms with van der Waals surface area (Å²) in [7, 11) is 1.37. The number of carbonyl (C=O) groups is 2. The van der Waals surface area contributed by atoms with Gasteiger partial charge in [-0.15, -0.1) is 0 Å². The van der Waals surface area contributed by atoms with Crippen molar-refractivity contribution in [2.24, 2.45) is 5.92 Å². The molecule has 0 aromatic rings. The van der Waals surface area contributed by atoms with E-state index in [-0.39, 0.29) is 17.9 Å². The molecule has 0 radical (unpaired) electrons. The van der Waals surface area contributed by atoms with Gasteiger partial charge < -0.3 is 14.8 Å². The number of nitrogens with one attached hydrogen (secondary N) is 1. The molecule has 0 unspecified atom stereocenters. The van der Waals surface area contributed by atoms with E-state index in [1.165, 1.54) is 7.11 Å². The van der Waals surface area contributed by atoms with Gasteiger partial charge in [-0.2, -0.15) is 0 Å². The maximum Gasteiger partial charge on any atom is 0.407 e. The fourth-order valence-corrected chi connectivity index (χ4v) is 2.03. The van der Waals surface area contributed by atoms with E-state index >= 15 is 0 Å². The van der Waals surface area contributed by atoms with Crippen LogP contribution in [-0.2, 0) is 14.3 Å². The van der Waals surface area contributed by atoms with Gasteiger partial charge >= 0.3 is 12.1 Å². The molecule has 0 bridgehead atoms. The Kier molecular flexibility index (Phi) is 4.37. The Balaban J connectivity index is 2.50. The Bertz CT molecular complexity index is 295. The van der Waals surface area contributed by atoms with Gasteiger partial charge in [0.1, 0.15) is 5.60 Å². The lowest BCUT2D eigenvalue weighted by Crippen LogP contribution is -2.43. The van der Waals surface area contributed by atoms with Crippen LogP contribution >= 0.6 is 0 Å². The normalized spacial score (nSPS) is 24.2. The predicted octanol–water partition coefficient (Wildman–Crippen LogP) is 1.85. The SMILES string of the molecule is COC(=O)[C@H]1CCC[C@@H]1NC(=O)OC(C)(C)C. The molecule has 2 atom stereocenters. The standard InChI is InChI=1S/C12H21NO4/c1-12(2,3)17-11(15)13-9-7-5-6-8(9)10(14)16-4/h8-9H,5-7H2,1-4H3,(H,13,15)/t8-,9-/m0/s1. The summed E-state index contributed by atoms with van der Waals surface area (Å²) in [6, 6.07) is -0.169. The summed E-state index contributed by atoms with van der Waals surface area (Å²) < 4.78 is 9.87. The van der Waals surface area contributed by atoms with Gasteiger partial charge in [-0.1, -0.05) is 6.42 Å². The van der Waals surface area contributed by atoms with E-state index in [9.17, 15) is 9.59 Å². The summed E-state index contributed by atoms with van der Waals surface area (Å²) in [6.07, 6.45) is 1.99. The molecule has 1 aliphatic rings. The highest BCUT2D eigenvalue weighted by Gasteiger charge is 2.35. The third-order valence-corrected chi connectivity index (χ3v) is 2.72. The lowest BCUT2D eigenvalue weighted by atomic mass is 10.0. The minimum absolute atomic E-state index is 0.169. The quantitative estimate of drug-likeness (QED) is 0.752. The van der Waals surface area contributed by atoms with E-state index < -0.39 is 11.7 Å². The zero-order valence-electron chi connectivity index (χ0n) is 10.9. The van der Waals surface area contributed by atoms with E-state index in [2.05, 4.69) is 5.32 Å². The second-order valence-electron chi connectivity index (χ2n) is 5.31. The molecular weight excluding hydrogens is 222 g/mol. The molecule has 5 heteroatoms. The molecule has 0 spiro atoms. The van der Waals surface area contributed by atoms with Gasteiger partial charge in [-0.05, 0) is 33.6 Å². The van der Waals surface area contributed by atoms with Crippen molar-refractivity contribution in [3.05, 3.63) is 0 Å². The summed E-state index contributed by atoms with van der Waals surface area (Å²) in [5.74, 6) is -0.504. The Morgan fingerprint density at radius 2 is 1.88 bits per heavy atom. The lowest BCUT2D eigenvalue weighted by molar-refractivity contribution is -0.145. The van der Waals surface area contributed by atoms with E-state index in [0.717, 1.165) is 19.3 Å². The molecule has 98 valence electrons. The van der Waals surface area contributed by atoms with E-state index in [1.807, 2.05) is 0 Å². The number of rotatable bonds is 2. The summed E-state index contributed by atoms with van der Waals surface area (Å²) in [5, 5.41) is 2.74. The third kappa shape index (κ3) is 4.24. The highest BCUT2D eigenvalue weighted by Crippen LogP contribution is 2.27. The highest BCUT2D eigenvalue weighted by molar-refractivity contribution is 5.75. The Hall–Kier alpha value is -1.26. The summed E-state index contributed by atoms with van der Waals surface area (Å²) >= 11 is 0. The second-order valence-corrected chi connectivity index (χ2v) is 5.31. The molecule has 0 heterocycles. The molecule has 1 fully saturated rings. The van der Waals surface area contributed by atoms with Crippen LogP contribution in [0.4, 0.5) is 4.79 Å². The predicted molar refractivity (Wildman–Crippen MR) is 62.5 cm³/mol. The average molecular weight is 243 g/mol. The number of alkyl carbamates (subject to hydrolysis) is 1. The van der Waals surface area contributed by atoms with E-state index in [4.69, 9.17) is 9.47 Å². The smallest absolute Gasteiger partial charge is 0.407 e. The van der Waals surface area contributed by atoms with Crippen LogP contribution in [0.25, 0.3) is 0 Å². The Morgan fingerprint density at radius 3 is 2.41 bits per heavy atom. The lowest BCUT2D eigenvalue weighted by Gasteiger charge is -2.23. The van der Waals surface area contributed by atoms with Crippen molar-refractivity contribution >= 4 is 12.1 Å². The van der Waals surface area contributed by atoms with Crippen LogP contribution in [0.15, 0.2) is 0 Å². The van der Waals surface area contributed by atoms with Gasteiger partial charge in [0.2, 0.25) is 0 Å². The zero-order valence-corrected chi connectivity index (χ0v) is 10.9. The zero-order chi connectivity index (χ0) is 13.1. The van der Waals surface area contributed by atoms with Crippen molar-refractivity contribution < 1.29 is 19.1 Å². The van der Waals surface area contributed by atoms with Crippen LogP contribution in [-0.4, -0.2) is 30.8 Å². The van der Waals surface area contributed by atoms with Crippen molar-refractivity contribution in [2.75, 3.05) is 7.11 Å². The largest absolute Gasteiger partial charge is 0.469 e. The van der Waals surface area contributed by atoms with Gasteiger partial charge in [0.25, 0.3) is 0 Å². The maximum absolute atomic E-state index is 11.6. The van der Waals surface area contributed by atoms with E-state index in [1.54, 1.807) is 20.8 Å². The van der Waals surface area contributed by atoms with Crippen molar-refractivity contribution in [1.29, 1.82) is 0 Å². The number of carbonyl (C=O) groups excluding carboxylic acids is 2. The summed E-state index contributed by atoms with van der Waals surface area (Å²) in [4.78, 5) is 23.1. The van der Waals surface area contributed by atoms with Crippen LogP contribution in [0, 0.1) is 5.92 Å². The topological polar surface area (TPSA) is 64.6 Å². The van der Waals surface area contributed by atoms with Gasteiger partial charge in [0.15, 0.2) is 0 Å². The first-order valence-electron chi connectivity index (χ1n) is 5.91.